The number of nitrogens with two attached hydrogens (primary N) is 1. The van der Waals surface area contributed by atoms with Gasteiger partial charge in [0.1, 0.15) is 11.3 Å². The molecule has 0 saturated carbocycles. The van der Waals surface area contributed by atoms with E-state index in [-0.39, 0.29) is 11.9 Å². The molecule has 2 aromatic rings. The van der Waals surface area contributed by atoms with Crippen LogP contribution in [0.4, 0.5) is 0 Å². The lowest BCUT2D eigenvalue weighted by molar-refractivity contribution is -0.123. The number of amides is 1. The van der Waals surface area contributed by atoms with Crippen LogP contribution >= 0.6 is 0 Å². The van der Waals surface area contributed by atoms with Crippen molar-refractivity contribution in [2.24, 2.45) is 5.73 Å². The highest BCUT2D eigenvalue weighted by molar-refractivity contribution is 5.84. The number of fused-ring (bicyclic) bond motifs is 1. The number of rotatable bonds is 4. The quantitative estimate of drug-likeness (QED) is 0.888. The second-order valence-corrected chi connectivity index (χ2v) is 5.44. The van der Waals surface area contributed by atoms with Crippen molar-refractivity contribution in [2.75, 3.05) is 0 Å². The topological polar surface area (TPSA) is 68.3 Å². The number of hydrogen-bond acceptors (Lipinski definition) is 3. The highest BCUT2D eigenvalue weighted by Gasteiger charge is 2.28. The monoisotopic (exact) mass is 260 g/mol. The average Bonchev–Trinajstić information content (AvgIpc) is 2.67. The molecule has 0 saturated heterocycles. The number of nitrogens with one attached hydrogen (secondary N) is 1. The minimum absolute atomic E-state index is 0.0881. The average molecular weight is 260 g/mol. The largest absolute Gasteiger partial charge is 0.459 e. The Bertz CT molecular complexity index is 614. The first-order chi connectivity index (χ1) is 8.83. The van der Waals surface area contributed by atoms with Crippen LogP contribution in [0.2, 0.25) is 0 Å². The van der Waals surface area contributed by atoms with Crippen molar-refractivity contribution < 1.29 is 9.21 Å². The van der Waals surface area contributed by atoms with E-state index in [0.717, 1.165) is 22.3 Å². The van der Waals surface area contributed by atoms with E-state index in [2.05, 4.69) is 5.32 Å². The molecule has 0 aliphatic rings. The van der Waals surface area contributed by atoms with Crippen molar-refractivity contribution in [3.63, 3.8) is 0 Å². The fourth-order valence-corrected chi connectivity index (χ4v) is 2.28. The Morgan fingerprint density at radius 1 is 1.37 bits per heavy atom. The zero-order valence-electron chi connectivity index (χ0n) is 11.8. The summed E-state index contributed by atoms with van der Waals surface area (Å²) in [6.07, 6.45) is 0. The second-order valence-electron chi connectivity index (χ2n) is 5.44. The highest BCUT2D eigenvalue weighted by atomic mass is 16.3. The van der Waals surface area contributed by atoms with E-state index in [4.69, 9.17) is 10.2 Å². The van der Waals surface area contributed by atoms with Crippen LogP contribution in [0.3, 0.4) is 0 Å². The van der Waals surface area contributed by atoms with Gasteiger partial charge in [-0.15, -0.1) is 0 Å². The fourth-order valence-electron chi connectivity index (χ4n) is 2.28. The predicted molar refractivity (Wildman–Crippen MR) is 75.8 cm³/mol. The van der Waals surface area contributed by atoms with Crippen LogP contribution in [0.1, 0.15) is 38.1 Å². The molecule has 0 spiro atoms. The first-order valence-corrected chi connectivity index (χ1v) is 6.38. The molecule has 0 aliphatic carbocycles. The van der Waals surface area contributed by atoms with Crippen LogP contribution in [0.5, 0.6) is 0 Å². The van der Waals surface area contributed by atoms with Gasteiger partial charge in [0.15, 0.2) is 0 Å². The van der Waals surface area contributed by atoms with Gasteiger partial charge in [0, 0.05) is 5.39 Å². The zero-order valence-corrected chi connectivity index (χ0v) is 11.8. The minimum Gasteiger partial charge on any atom is -0.459 e. The Hall–Kier alpha value is -1.81. The van der Waals surface area contributed by atoms with Crippen LogP contribution < -0.4 is 11.1 Å². The van der Waals surface area contributed by atoms with Gasteiger partial charge in [-0.2, -0.15) is 0 Å². The smallest absolute Gasteiger partial charge is 0.237 e. The molecular formula is C15H20N2O2. The van der Waals surface area contributed by atoms with Crippen molar-refractivity contribution in [3.05, 3.63) is 35.6 Å². The Balaban J connectivity index is 2.34. The number of furan rings is 1. The molecular weight excluding hydrogens is 240 g/mol. The Morgan fingerprint density at radius 3 is 2.58 bits per heavy atom. The third kappa shape index (κ3) is 2.49. The number of para-hydroxylation sites is 1. The summed E-state index contributed by atoms with van der Waals surface area (Å²) in [5, 5.41) is 4.31. The number of aryl methyl sites for hydroxylation is 1. The van der Waals surface area contributed by atoms with Gasteiger partial charge in [0.05, 0.1) is 11.6 Å². The summed E-state index contributed by atoms with van der Waals surface area (Å²) in [5.41, 5.74) is 6.56. The Kier molecular flexibility index (Phi) is 3.37. The summed E-state index contributed by atoms with van der Waals surface area (Å²) in [6.45, 7) is 7.53. The molecule has 4 heteroatoms. The summed E-state index contributed by atoms with van der Waals surface area (Å²) in [4.78, 5) is 11.4. The SMILES string of the molecule is Cc1c(C(C)NC(C)(C)C(N)=O)oc2ccccc12. The molecule has 1 heterocycles. The summed E-state index contributed by atoms with van der Waals surface area (Å²) >= 11 is 0. The lowest BCUT2D eigenvalue weighted by Crippen LogP contribution is -2.51. The van der Waals surface area contributed by atoms with E-state index < -0.39 is 5.54 Å². The van der Waals surface area contributed by atoms with E-state index in [1.165, 1.54) is 0 Å². The Morgan fingerprint density at radius 2 is 2.00 bits per heavy atom. The van der Waals surface area contributed by atoms with E-state index in [0.29, 0.717) is 0 Å². The third-order valence-corrected chi connectivity index (χ3v) is 3.47. The van der Waals surface area contributed by atoms with Crippen molar-refractivity contribution in [2.45, 2.75) is 39.3 Å². The van der Waals surface area contributed by atoms with Crippen molar-refractivity contribution in [1.29, 1.82) is 0 Å². The molecule has 0 bridgehead atoms. The summed E-state index contributed by atoms with van der Waals surface area (Å²) in [6, 6.07) is 7.82. The maximum Gasteiger partial charge on any atom is 0.237 e. The summed E-state index contributed by atoms with van der Waals surface area (Å²) < 4.78 is 5.87. The molecule has 1 aromatic heterocycles. The standard InChI is InChI=1S/C15H20N2O2/c1-9-11-7-5-6-8-12(11)19-13(9)10(2)17-15(3,4)14(16)18/h5-8,10,17H,1-4H3,(H2,16,18). The second kappa shape index (κ2) is 4.70. The van der Waals surface area contributed by atoms with Crippen molar-refractivity contribution in [1.82, 2.24) is 5.32 Å². The lowest BCUT2D eigenvalue weighted by atomic mass is 10.0. The molecule has 4 nitrogen and oxygen atoms in total. The molecule has 3 N–H and O–H groups in total. The van der Waals surface area contributed by atoms with Crippen LogP contribution in [0.25, 0.3) is 11.0 Å². The highest BCUT2D eigenvalue weighted by Crippen LogP contribution is 2.29. The predicted octanol–water partition coefficient (Wildman–Crippen LogP) is 2.66. The molecule has 19 heavy (non-hydrogen) atoms. The molecule has 0 aliphatic heterocycles. The fraction of sp³-hybridized carbons (Fsp3) is 0.400. The van der Waals surface area contributed by atoms with E-state index in [1.54, 1.807) is 13.8 Å². The summed E-state index contributed by atoms with van der Waals surface area (Å²) in [7, 11) is 0. The number of primary amides is 1. The normalized spacial score (nSPS) is 13.7. The van der Waals surface area contributed by atoms with Crippen molar-refractivity contribution >= 4 is 16.9 Å². The van der Waals surface area contributed by atoms with Gasteiger partial charge in [-0.1, -0.05) is 18.2 Å². The molecule has 2 rings (SSSR count). The van der Waals surface area contributed by atoms with Gasteiger partial charge in [0.2, 0.25) is 5.91 Å². The minimum atomic E-state index is -0.773. The number of benzene rings is 1. The van der Waals surface area contributed by atoms with Crippen LogP contribution in [-0.2, 0) is 4.79 Å². The molecule has 1 amide bonds. The zero-order chi connectivity index (χ0) is 14.2. The van der Waals surface area contributed by atoms with Crippen LogP contribution in [0.15, 0.2) is 28.7 Å². The van der Waals surface area contributed by atoms with Crippen LogP contribution in [-0.4, -0.2) is 11.4 Å². The van der Waals surface area contributed by atoms with Gasteiger partial charge in [-0.3, -0.25) is 10.1 Å². The van der Waals surface area contributed by atoms with Gasteiger partial charge in [-0.25, -0.2) is 0 Å². The van der Waals surface area contributed by atoms with E-state index in [9.17, 15) is 4.79 Å². The molecule has 0 fully saturated rings. The maximum atomic E-state index is 11.4. The first-order valence-electron chi connectivity index (χ1n) is 6.38. The molecule has 1 unspecified atom stereocenters. The number of hydrogen-bond donors (Lipinski definition) is 2. The van der Waals surface area contributed by atoms with E-state index >= 15 is 0 Å². The van der Waals surface area contributed by atoms with Crippen LogP contribution in [0, 0.1) is 6.92 Å². The molecule has 102 valence electrons. The van der Waals surface area contributed by atoms with Crippen molar-refractivity contribution in [3.8, 4) is 0 Å². The van der Waals surface area contributed by atoms with Gasteiger partial charge in [-0.05, 0) is 39.3 Å². The molecule has 1 atom stereocenters. The van der Waals surface area contributed by atoms with Gasteiger partial charge >= 0.3 is 0 Å². The molecule has 0 radical (unpaired) electrons. The lowest BCUT2D eigenvalue weighted by Gasteiger charge is -2.26. The van der Waals surface area contributed by atoms with Gasteiger partial charge in [0.25, 0.3) is 0 Å². The Labute approximate surface area is 113 Å². The number of carbonyl (C=O) groups excluding carboxylic acids is 1. The maximum absolute atomic E-state index is 11.4. The van der Waals surface area contributed by atoms with Gasteiger partial charge < -0.3 is 10.2 Å². The molecule has 1 aromatic carbocycles. The number of carbonyl (C=O) groups is 1. The first kappa shape index (κ1) is 13.6. The third-order valence-electron chi connectivity index (χ3n) is 3.47. The summed E-state index contributed by atoms with van der Waals surface area (Å²) in [5.74, 6) is 0.462. The van der Waals surface area contributed by atoms with E-state index in [1.807, 2.05) is 38.1 Å².